The molecule has 3 N–H and O–H groups in total. The van der Waals surface area contributed by atoms with Gasteiger partial charge in [-0.1, -0.05) is 13.8 Å². The van der Waals surface area contributed by atoms with Crippen molar-refractivity contribution in [2.24, 2.45) is 17.0 Å². The maximum absolute atomic E-state index is 12.1. The zero-order valence-electron chi connectivity index (χ0n) is 11.9. The van der Waals surface area contributed by atoms with Gasteiger partial charge in [0.2, 0.25) is 10.0 Å². The summed E-state index contributed by atoms with van der Waals surface area (Å²) >= 11 is 2.96. The summed E-state index contributed by atoms with van der Waals surface area (Å²) in [7, 11) is -3.92. The summed E-state index contributed by atoms with van der Waals surface area (Å²) in [6.45, 7) is 4.39. The van der Waals surface area contributed by atoms with E-state index in [0.717, 1.165) is 25.3 Å². The summed E-state index contributed by atoms with van der Waals surface area (Å²) < 4.78 is 27.7. The van der Waals surface area contributed by atoms with Gasteiger partial charge in [-0.15, -0.1) is 0 Å². The van der Waals surface area contributed by atoms with Gasteiger partial charge in [-0.05, 0) is 47.0 Å². The number of carbonyl (C=O) groups excluding carboxylic acids is 1. The molecule has 0 bridgehead atoms. The van der Waals surface area contributed by atoms with Crippen molar-refractivity contribution < 1.29 is 17.6 Å². The van der Waals surface area contributed by atoms with Crippen LogP contribution in [0.2, 0.25) is 0 Å². The van der Waals surface area contributed by atoms with Crippen LogP contribution in [0.15, 0.2) is 20.0 Å². The largest absolute Gasteiger partial charge is 0.443 e. The molecule has 1 aliphatic rings. The molecule has 2 rings (SSSR count). The maximum Gasteiger partial charge on any atom is 0.287 e. The maximum atomic E-state index is 12.1. The van der Waals surface area contributed by atoms with Crippen molar-refractivity contribution in [3.63, 3.8) is 0 Å². The first-order valence-corrected chi connectivity index (χ1v) is 9.15. The van der Waals surface area contributed by atoms with Crippen molar-refractivity contribution >= 4 is 31.9 Å². The molecular weight excluding hydrogens is 360 g/mol. The summed E-state index contributed by atoms with van der Waals surface area (Å²) in [6, 6.07) is 1.23. The number of nitrogens with two attached hydrogens (primary N) is 1. The Morgan fingerprint density at radius 2 is 2.05 bits per heavy atom. The predicted molar refractivity (Wildman–Crippen MR) is 81.2 cm³/mol. The first-order valence-electron chi connectivity index (χ1n) is 6.81. The minimum Gasteiger partial charge on any atom is -0.443 e. The van der Waals surface area contributed by atoms with Crippen LogP contribution in [-0.4, -0.2) is 20.4 Å². The van der Waals surface area contributed by atoms with Crippen LogP contribution in [0.25, 0.3) is 0 Å². The Hall–Kier alpha value is -0.860. The van der Waals surface area contributed by atoms with E-state index in [9.17, 15) is 13.2 Å². The van der Waals surface area contributed by atoms with Crippen LogP contribution < -0.4 is 10.5 Å². The predicted octanol–water partition coefficient (Wildman–Crippen LogP) is 2.24. The normalized spacial score (nSPS) is 26.6. The highest BCUT2D eigenvalue weighted by molar-refractivity contribution is 9.10. The molecule has 1 amide bonds. The van der Waals surface area contributed by atoms with Gasteiger partial charge < -0.3 is 9.73 Å². The molecular formula is C13H19BrN2O4S. The van der Waals surface area contributed by atoms with E-state index in [-0.39, 0.29) is 21.4 Å². The molecule has 3 unspecified atom stereocenters. The molecule has 8 heteroatoms. The monoisotopic (exact) mass is 378 g/mol. The number of carbonyl (C=O) groups is 1. The van der Waals surface area contributed by atoms with Gasteiger partial charge in [0.15, 0.2) is 10.4 Å². The molecule has 1 fully saturated rings. The first kappa shape index (κ1) is 16.5. The van der Waals surface area contributed by atoms with Crippen molar-refractivity contribution in [2.75, 3.05) is 0 Å². The van der Waals surface area contributed by atoms with Crippen LogP contribution in [0.1, 0.15) is 43.7 Å². The number of halogens is 1. The third kappa shape index (κ3) is 3.87. The quantitative estimate of drug-likeness (QED) is 0.841. The Bertz CT molecular complexity index is 641. The van der Waals surface area contributed by atoms with Gasteiger partial charge in [-0.25, -0.2) is 13.6 Å². The van der Waals surface area contributed by atoms with Crippen LogP contribution >= 0.6 is 15.9 Å². The molecule has 21 heavy (non-hydrogen) atoms. The molecule has 1 heterocycles. The summed E-state index contributed by atoms with van der Waals surface area (Å²) in [5.41, 5.74) is 0. The van der Waals surface area contributed by atoms with Crippen LogP contribution in [-0.2, 0) is 10.0 Å². The number of hydrogen-bond donors (Lipinski definition) is 2. The molecule has 0 radical (unpaired) electrons. The second-order valence-corrected chi connectivity index (χ2v) is 7.98. The Morgan fingerprint density at radius 3 is 2.57 bits per heavy atom. The highest BCUT2D eigenvalue weighted by atomic mass is 79.9. The third-order valence-corrected chi connectivity index (χ3v) is 5.89. The molecule has 0 saturated heterocycles. The van der Waals surface area contributed by atoms with Crippen LogP contribution in [0, 0.1) is 11.8 Å². The fourth-order valence-corrected chi connectivity index (χ4v) is 4.10. The van der Waals surface area contributed by atoms with Crippen LogP contribution in [0.3, 0.4) is 0 Å². The molecule has 118 valence electrons. The number of furan rings is 1. The minimum absolute atomic E-state index is 0.0548. The highest BCUT2D eigenvalue weighted by Gasteiger charge is 2.28. The van der Waals surface area contributed by atoms with E-state index in [1.54, 1.807) is 0 Å². The van der Waals surface area contributed by atoms with Crippen molar-refractivity contribution in [1.29, 1.82) is 0 Å². The number of sulfonamides is 1. The molecule has 1 aromatic heterocycles. The van der Waals surface area contributed by atoms with Crippen molar-refractivity contribution in [3.8, 4) is 0 Å². The van der Waals surface area contributed by atoms with Gasteiger partial charge >= 0.3 is 0 Å². The molecule has 0 aliphatic heterocycles. The summed E-state index contributed by atoms with van der Waals surface area (Å²) in [4.78, 5) is 11.9. The van der Waals surface area contributed by atoms with E-state index in [2.05, 4.69) is 35.1 Å². The number of nitrogens with one attached hydrogen (secondary N) is 1. The van der Waals surface area contributed by atoms with E-state index < -0.39 is 15.9 Å². The molecule has 1 aromatic rings. The lowest BCUT2D eigenvalue weighted by Gasteiger charge is -2.32. The van der Waals surface area contributed by atoms with Gasteiger partial charge in [0, 0.05) is 12.1 Å². The Morgan fingerprint density at radius 1 is 1.38 bits per heavy atom. The molecule has 0 spiro atoms. The summed E-state index contributed by atoms with van der Waals surface area (Å²) in [5.74, 6) is 0.729. The van der Waals surface area contributed by atoms with Gasteiger partial charge in [-0.3, -0.25) is 4.79 Å². The van der Waals surface area contributed by atoms with Crippen molar-refractivity contribution in [2.45, 2.75) is 44.0 Å². The average molecular weight is 379 g/mol. The molecule has 3 atom stereocenters. The van der Waals surface area contributed by atoms with Gasteiger partial charge in [0.1, 0.15) is 4.90 Å². The van der Waals surface area contributed by atoms with Gasteiger partial charge in [0.05, 0.1) is 0 Å². The highest BCUT2D eigenvalue weighted by Crippen LogP contribution is 2.30. The molecule has 1 aliphatic carbocycles. The molecule has 1 saturated carbocycles. The smallest absolute Gasteiger partial charge is 0.287 e. The number of rotatable bonds is 3. The zero-order chi connectivity index (χ0) is 15.8. The van der Waals surface area contributed by atoms with E-state index in [4.69, 9.17) is 9.56 Å². The lowest BCUT2D eigenvalue weighted by Crippen LogP contribution is -2.39. The topological polar surface area (TPSA) is 102 Å². The van der Waals surface area contributed by atoms with Gasteiger partial charge in [0.25, 0.3) is 5.91 Å². The fraction of sp³-hybridized carbons (Fsp3) is 0.615. The minimum atomic E-state index is -3.92. The third-order valence-electron chi connectivity index (χ3n) is 4.12. The van der Waals surface area contributed by atoms with Crippen molar-refractivity contribution in [1.82, 2.24) is 5.32 Å². The summed E-state index contributed by atoms with van der Waals surface area (Å²) in [6.07, 6.45) is 2.90. The number of hydrogen-bond acceptors (Lipinski definition) is 4. The Balaban J connectivity index is 2.08. The van der Waals surface area contributed by atoms with E-state index in [0.29, 0.717) is 11.8 Å². The molecule has 6 nitrogen and oxygen atoms in total. The fourth-order valence-electron chi connectivity index (χ4n) is 2.59. The molecule has 0 aromatic carbocycles. The van der Waals surface area contributed by atoms with E-state index >= 15 is 0 Å². The first-order chi connectivity index (χ1) is 9.68. The zero-order valence-corrected chi connectivity index (χ0v) is 14.3. The second-order valence-electron chi connectivity index (χ2n) is 5.73. The number of amides is 1. The van der Waals surface area contributed by atoms with Crippen LogP contribution in [0.5, 0.6) is 0 Å². The SMILES string of the molecule is CC1CCC(NC(=O)c2cc(S(N)(=O)=O)c(Br)o2)CC1C. The summed E-state index contributed by atoms with van der Waals surface area (Å²) in [5, 5.41) is 7.93. The average Bonchev–Trinajstić information content (AvgIpc) is 2.76. The Kier molecular flexibility index (Phi) is 4.79. The standard InChI is InChI=1S/C13H19BrN2O4S/c1-7-3-4-9(5-8(7)2)16-13(17)10-6-11(12(14)20-10)21(15,18)19/h6-9H,3-5H2,1-2H3,(H,16,17)(H2,15,18,19). The van der Waals surface area contributed by atoms with E-state index in [1.165, 1.54) is 0 Å². The van der Waals surface area contributed by atoms with Gasteiger partial charge in [-0.2, -0.15) is 0 Å². The van der Waals surface area contributed by atoms with E-state index in [1.807, 2.05) is 0 Å². The van der Waals surface area contributed by atoms with Crippen LogP contribution in [0.4, 0.5) is 0 Å². The van der Waals surface area contributed by atoms with Crippen molar-refractivity contribution in [3.05, 3.63) is 16.5 Å². The second kappa shape index (κ2) is 6.10. The Labute approximate surface area is 132 Å². The number of primary sulfonamides is 1. The lowest BCUT2D eigenvalue weighted by molar-refractivity contribution is 0.0881. The lowest BCUT2D eigenvalue weighted by atomic mass is 9.79.